The van der Waals surface area contributed by atoms with Gasteiger partial charge in [0.25, 0.3) is 11.6 Å². The number of thioether (sulfide) groups is 1. The first-order chi connectivity index (χ1) is 13.0. The molecule has 7 nitrogen and oxygen atoms in total. The molecular weight excluding hydrogens is 388 g/mol. The lowest BCUT2D eigenvalue weighted by molar-refractivity contribution is -0.384. The van der Waals surface area contributed by atoms with E-state index in [0.29, 0.717) is 27.3 Å². The SMILES string of the molecule is O=C1NC(=S)SC1=Cc1cccc(OCCOc2ccc([N+](=O)[O-])cc2)c1. The number of ether oxygens (including phenoxy) is 2. The zero-order valence-corrected chi connectivity index (χ0v) is 15.5. The Kier molecular flexibility index (Phi) is 6.05. The summed E-state index contributed by atoms with van der Waals surface area (Å²) in [6.07, 6.45) is 1.75. The summed E-state index contributed by atoms with van der Waals surface area (Å²) in [5.41, 5.74) is 0.838. The number of hydrogen-bond acceptors (Lipinski definition) is 7. The summed E-state index contributed by atoms with van der Waals surface area (Å²) >= 11 is 6.19. The molecule has 1 heterocycles. The Labute approximate surface area is 164 Å². The summed E-state index contributed by atoms with van der Waals surface area (Å²) in [4.78, 5) is 22.4. The monoisotopic (exact) mass is 402 g/mol. The second-order valence-electron chi connectivity index (χ2n) is 5.37. The van der Waals surface area contributed by atoms with Gasteiger partial charge in [0, 0.05) is 12.1 Å². The Bertz CT molecular complexity index is 912. The summed E-state index contributed by atoms with van der Waals surface area (Å²) < 4.78 is 11.6. The predicted molar refractivity (Wildman–Crippen MR) is 107 cm³/mol. The second-order valence-corrected chi connectivity index (χ2v) is 7.09. The molecule has 1 aliphatic heterocycles. The van der Waals surface area contributed by atoms with E-state index in [4.69, 9.17) is 21.7 Å². The van der Waals surface area contributed by atoms with Crippen molar-refractivity contribution in [2.45, 2.75) is 0 Å². The van der Waals surface area contributed by atoms with Crippen molar-refractivity contribution in [3.05, 3.63) is 69.1 Å². The normalized spacial score (nSPS) is 14.9. The first kappa shape index (κ1) is 18.9. The Morgan fingerprint density at radius 2 is 1.81 bits per heavy atom. The lowest BCUT2D eigenvalue weighted by Gasteiger charge is -2.09. The van der Waals surface area contributed by atoms with Crippen molar-refractivity contribution in [2.24, 2.45) is 0 Å². The van der Waals surface area contributed by atoms with E-state index in [2.05, 4.69) is 5.32 Å². The van der Waals surface area contributed by atoms with E-state index in [1.54, 1.807) is 24.3 Å². The van der Waals surface area contributed by atoms with E-state index in [-0.39, 0.29) is 18.2 Å². The van der Waals surface area contributed by atoms with Gasteiger partial charge in [-0.1, -0.05) is 36.1 Å². The largest absolute Gasteiger partial charge is 0.490 e. The van der Waals surface area contributed by atoms with Crippen molar-refractivity contribution < 1.29 is 19.2 Å². The van der Waals surface area contributed by atoms with E-state index in [9.17, 15) is 14.9 Å². The summed E-state index contributed by atoms with van der Waals surface area (Å²) in [7, 11) is 0. The van der Waals surface area contributed by atoms with Gasteiger partial charge in [-0.2, -0.15) is 0 Å². The quantitative estimate of drug-likeness (QED) is 0.249. The Morgan fingerprint density at radius 1 is 1.11 bits per heavy atom. The van der Waals surface area contributed by atoms with E-state index in [1.807, 2.05) is 18.2 Å². The van der Waals surface area contributed by atoms with Gasteiger partial charge in [0.15, 0.2) is 0 Å². The Balaban J connectivity index is 1.51. The topological polar surface area (TPSA) is 90.7 Å². The summed E-state index contributed by atoms with van der Waals surface area (Å²) in [5.74, 6) is 0.971. The third-order valence-electron chi connectivity index (χ3n) is 3.47. The predicted octanol–water partition coefficient (Wildman–Crippen LogP) is 3.54. The molecule has 2 aromatic rings. The van der Waals surface area contributed by atoms with Crippen LogP contribution in [-0.4, -0.2) is 28.4 Å². The molecule has 2 aromatic carbocycles. The summed E-state index contributed by atoms with van der Waals surface area (Å²) in [5, 5.41) is 13.2. The van der Waals surface area contributed by atoms with Crippen molar-refractivity contribution in [1.82, 2.24) is 5.32 Å². The van der Waals surface area contributed by atoms with Crippen LogP contribution in [0, 0.1) is 10.1 Å². The number of nitro benzene ring substituents is 1. The Hall–Kier alpha value is -2.91. The third kappa shape index (κ3) is 5.28. The van der Waals surface area contributed by atoms with Crippen molar-refractivity contribution in [1.29, 1.82) is 0 Å². The minimum Gasteiger partial charge on any atom is -0.490 e. The highest BCUT2D eigenvalue weighted by Crippen LogP contribution is 2.26. The van der Waals surface area contributed by atoms with Crippen LogP contribution in [0.15, 0.2) is 53.4 Å². The number of thiocarbonyl (C=S) groups is 1. The first-order valence-electron chi connectivity index (χ1n) is 7.86. The molecule has 27 heavy (non-hydrogen) atoms. The zero-order chi connectivity index (χ0) is 19.2. The number of carbonyl (C=O) groups is 1. The van der Waals surface area contributed by atoms with Crippen LogP contribution in [-0.2, 0) is 4.79 Å². The van der Waals surface area contributed by atoms with E-state index in [1.165, 1.54) is 23.9 Å². The van der Waals surface area contributed by atoms with Crippen molar-refractivity contribution in [2.75, 3.05) is 13.2 Å². The zero-order valence-electron chi connectivity index (χ0n) is 13.9. The highest BCUT2D eigenvalue weighted by molar-refractivity contribution is 8.26. The van der Waals surface area contributed by atoms with E-state index < -0.39 is 4.92 Å². The molecule has 0 saturated carbocycles. The maximum Gasteiger partial charge on any atom is 0.269 e. The lowest BCUT2D eigenvalue weighted by Crippen LogP contribution is -2.17. The molecule has 3 rings (SSSR count). The molecule has 138 valence electrons. The maximum atomic E-state index is 11.7. The third-order valence-corrected chi connectivity index (χ3v) is 4.63. The number of hydrogen-bond donors (Lipinski definition) is 1. The van der Waals surface area contributed by atoms with Gasteiger partial charge in [-0.15, -0.1) is 0 Å². The number of benzene rings is 2. The molecule has 0 aliphatic carbocycles. The molecule has 9 heteroatoms. The van der Waals surface area contributed by atoms with Gasteiger partial charge in [-0.05, 0) is 35.9 Å². The number of amides is 1. The lowest BCUT2D eigenvalue weighted by atomic mass is 10.2. The second kappa shape index (κ2) is 8.65. The standard InChI is InChI=1S/C18H14N2O5S2/c21-17-16(27-18(26)19-17)11-12-2-1-3-15(10-12)25-9-8-24-14-6-4-13(5-7-14)20(22)23/h1-7,10-11H,8-9H2,(H,19,21,26). The Morgan fingerprint density at radius 3 is 2.44 bits per heavy atom. The van der Waals surface area contributed by atoms with Crippen molar-refractivity contribution >= 4 is 46.0 Å². The molecule has 0 bridgehead atoms. The van der Waals surface area contributed by atoms with Crippen LogP contribution in [0.2, 0.25) is 0 Å². The molecule has 0 unspecified atom stereocenters. The highest BCUT2D eigenvalue weighted by atomic mass is 32.2. The van der Waals surface area contributed by atoms with E-state index >= 15 is 0 Å². The van der Waals surface area contributed by atoms with Crippen molar-refractivity contribution in [3.63, 3.8) is 0 Å². The average molecular weight is 402 g/mol. The number of nitrogens with zero attached hydrogens (tertiary/aromatic N) is 1. The van der Waals surface area contributed by atoms with Gasteiger partial charge >= 0.3 is 0 Å². The van der Waals surface area contributed by atoms with Crippen LogP contribution in [0.25, 0.3) is 6.08 Å². The van der Waals surface area contributed by atoms with Gasteiger partial charge in [0.05, 0.1) is 9.83 Å². The smallest absolute Gasteiger partial charge is 0.269 e. The van der Waals surface area contributed by atoms with Crippen LogP contribution in [0.3, 0.4) is 0 Å². The van der Waals surface area contributed by atoms with Gasteiger partial charge in [-0.3, -0.25) is 14.9 Å². The number of nitro groups is 1. The number of nitrogens with one attached hydrogen (secondary N) is 1. The van der Waals surface area contributed by atoms with Crippen LogP contribution < -0.4 is 14.8 Å². The number of carbonyl (C=O) groups excluding carboxylic acids is 1. The molecule has 0 radical (unpaired) electrons. The van der Waals surface area contributed by atoms with Gasteiger partial charge < -0.3 is 14.8 Å². The van der Waals surface area contributed by atoms with Crippen LogP contribution in [0.4, 0.5) is 5.69 Å². The fourth-order valence-corrected chi connectivity index (χ4v) is 3.29. The molecule has 0 atom stereocenters. The van der Waals surface area contributed by atoms with Gasteiger partial charge in [0.2, 0.25) is 0 Å². The minimum atomic E-state index is -0.462. The molecule has 1 aliphatic rings. The van der Waals surface area contributed by atoms with Gasteiger partial charge in [0.1, 0.15) is 29.0 Å². The molecular formula is C18H14N2O5S2. The van der Waals surface area contributed by atoms with Crippen LogP contribution in [0.1, 0.15) is 5.56 Å². The van der Waals surface area contributed by atoms with Crippen molar-refractivity contribution in [3.8, 4) is 11.5 Å². The molecule has 1 fully saturated rings. The highest BCUT2D eigenvalue weighted by Gasteiger charge is 2.21. The fourth-order valence-electron chi connectivity index (χ4n) is 2.25. The molecule has 0 aromatic heterocycles. The van der Waals surface area contributed by atoms with Gasteiger partial charge in [-0.25, -0.2) is 0 Å². The first-order valence-corrected chi connectivity index (χ1v) is 9.09. The summed E-state index contributed by atoms with van der Waals surface area (Å²) in [6.45, 7) is 0.589. The minimum absolute atomic E-state index is 0.0133. The summed E-state index contributed by atoms with van der Waals surface area (Å²) in [6, 6.07) is 13.2. The molecule has 1 amide bonds. The number of rotatable bonds is 7. The molecule has 1 N–H and O–H groups in total. The van der Waals surface area contributed by atoms with Crippen LogP contribution in [0.5, 0.6) is 11.5 Å². The average Bonchev–Trinajstić information content (AvgIpc) is 2.96. The fraction of sp³-hybridized carbons (Fsp3) is 0.111. The number of non-ortho nitro benzene ring substituents is 1. The van der Waals surface area contributed by atoms with Crippen LogP contribution >= 0.6 is 24.0 Å². The van der Waals surface area contributed by atoms with E-state index in [0.717, 1.165) is 5.56 Å². The maximum absolute atomic E-state index is 11.7. The molecule has 0 spiro atoms. The molecule has 1 saturated heterocycles.